The second-order valence-corrected chi connectivity index (χ2v) is 6.15. The summed E-state index contributed by atoms with van der Waals surface area (Å²) in [4.78, 5) is 31.7. The van der Waals surface area contributed by atoms with E-state index in [9.17, 15) is 24.9 Å². The van der Waals surface area contributed by atoms with Crippen LogP contribution in [0, 0.1) is 0 Å². The molecule has 1 aromatic heterocycles. The second kappa shape index (κ2) is 7.77. The molecule has 10 heteroatoms. The van der Waals surface area contributed by atoms with Crippen LogP contribution in [0.15, 0.2) is 15.8 Å². The van der Waals surface area contributed by atoms with Crippen LogP contribution in [-0.4, -0.2) is 75.6 Å². The monoisotopic (exact) mass is 359 g/mol. The fourth-order valence-electron chi connectivity index (χ4n) is 2.96. The molecule has 0 saturated carbocycles. The summed E-state index contributed by atoms with van der Waals surface area (Å²) in [5.74, 6) is 0. The Balaban J connectivity index is 2.53. The van der Waals surface area contributed by atoms with Crippen LogP contribution in [0.1, 0.15) is 18.9 Å². The van der Waals surface area contributed by atoms with E-state index in [4.69, 9.17) is 9.57 Å². The minimum Gasteiger partial charge on any atom is -0.394 e. The number of rotatable bonds is 7. The Morgan fingerprint density at radius 2 is 2.08 bits per heavy atom. The van der Waals surface area contributed by atoms with Gasteiger partial charge in [-0.1, -0.05) is 6.92 Å². The zero-order chi connectivity index (χ0) is 18.8. The fourth-order valence-corrected chi connectivity index (χ4v) is 2.96. The molecule has 10 nitrogen and oxygen atoms in total. The average molecular weight is 359 g/mol. The molecule has 0 aromatic carbocycles. The summed E-state index contributed by atoms with van der Waals surface area (Å²) in [7, 11) is 3.34. The molecule has 4 N–H and O–H groups in total. The third-order valence-electron chi connectivity index (χ3n) is 4.32. The Hall–Kier alpha value is -1.56. The normalized spacial score (nSPS) is 29.5. The van der Waals surface area contributed by atoms with Crippen molar-refractivity contribution in [2.45, 2.75) is 43.8 Å². The maximum atomic E-state index is 12.4. The largest absolute Gasteiger partial charge is 0.394 e. The van der Waals surface area contributed by atoms with Gasteiger partial charge in [-0.05, 0) is 6.42 Å². The molecule has 1 aliphatic heterocycles. The first-order chi connectivity index (χ1) is 11.8. The standard InChI is InChI=1S/C15H25N3O7/c1-4-9-7-18(14(23)16-13(9)22)15(5-6-24-17(2)3)12(21)11(20)10(8-19)25-15/h7,10-12,19-21H,4-6,8H2,1-3H3,(H,16,22,23)/t10-,11-,12-,15-/m1/s1. The molecule has 0 amide bonds. The Kier molecular flexibility index (Phi) is 6.14. The van der Waals surface area contributed by atoms with Gasteiger partial charge in [0, 0.05) is 32.3 Å². The number of hydrogen-bond acceptors (Lipinski definition) is 8. The van der Waals surface area contributed by atoms with Crippen molar-refractivity contribution in [2.24, 2.45) is 0 Å². The molecule has 1 fully saturated rings. The summed E-state index contributed by atoms with van der Waals surface area (Å²) in [6.07, 6.45) is -2.28. The third-order valence-corrected chi connectivity index (χ3v) is 4.32. The maximum absolute atomic E-state index is 12.4. The summed E-state index contributed by atoms with van der Waals surface area (Å²) in [5.41, 5.74) is -2.65. The van der Waals surface area contributed by atoms with E-state index in [1.165, 1.54) is 11.3 Å². The molecule has 0 radical (unpaired) electrons. The number of H-pyrrole nitrogens is 1. The molecule has 0 aliphatic carbocycles. The summed E-state index contributed by atoms with van der Waals surface area (Å²) in [5, 5.41) is 31.6. The number of aromatic nitrogens is 2. The molecule has 142 valence electrons. The number of aliphatic hydroxyl groups excluding tert-OH is 3. The van der Waals surface area contributed by atoms with Gasteiger partial charge in [0.15, 0.2) is 5.72 Å². The van der Waals surface area contributed by atoms with E-state index >= 15 is 0 Å². The molecule has 25 heavy (non-hydrogen) atoms. The summed E-state index contributed by atoms with van der Waals surface area (Å²) < 4.78 is 6.77. The highest BCUT2D eigenvalue weighted by molar-refractivity contribution is 5.09. The molecular formula is C15H25N3O7. The lowest BCUT2D eigenvalue weighted by molar-refractivity contribution is -0.188. The van der Waals surface area contributed by atoms with E-state index in [2.05, 4.69) is 4.98 Å². The third kappa shape index (κ3) is 3.68. The Morgan fingerprint density at radius 1 is 1.40 bits per heavy atom. The van der Waals surface area contributed by atoms with Gasteiger partial charge in [0.2, 0.25) is 0 Å². The van der Waals surface area contributed by atoms with Crippen molar-refractivity contribution in [1.82, 2.24) is 14.6 Å². The summed E-state index contributed by atoms with van der Waals surface area (Å²) >= 11 is 0. The van der Waals surface area contributed by atoms with Crippen molar-refractivity contribution in [3.05, 3.63) is 32.6 Å². The number of nitrogens with one attached hydrogen (secondary N) is 1. The van der Waals surface area contributed by atoms with Gasteiger partial charge in [-0.2, -0.15) is 5.06 Å². The molecule has 1 saturated heterocycles. The van der Waals surface area contributed by atoms with Crippen LogP contribution in [0.4, 0.5) is 0 Å². The zero-order valence-electron chi connectivity index (χ0n) is 14.5. The fraction of sp³-hybridized carbons (Fsp3) is 0.733. The van der Waals surface area contributed by atoms with Crippen LogP contribution in [0.3, 0.4) is 0 Å². The zero-order valence-corrected chi connectivity index (χ0v) is 14.5. The number of hydroxylamine groups is 2. The van der Waals surface area contributed by atoms with Gasteiger partial charge in [0.25, 0.3) is 5.56 Å². The Bertz CT molecular complexity index is 701. The van der Waals surface area contributed by atoms with Crippen LogP contribution >= 0.6 is 0 Å². The van der Waals surface area contributed by atoms with E-state index in [1.54, 1.807) is 21.0 Å². The predicted molar refractivity (Wildman–Crippen MR) is 86.9 cm³/mol. The lowest BCUT2D eigenvalue weighted by Gasteiger charge is -2.34. The van der Waals surface area contributed by atoms with E-state index in [1.807, 2.05) is 0 Å². The van der Waals surface area contributed by atoms with Crippen molar-refractivity contribution in [3.63, 3.8) is 0 Å². The van der Waals surface area contributed by atoms with Gasteiger partial charge in [-0.15, -0.1) is 0 Å². The van der Waals surface area contributed by atoms with Gasteiger partial charge in [-0.3, -0.25) is 19.2 Å². The van der Waals surface area contributed by atoms with E-state index < -0.39 is 41.9 Å². The minimum absolute atomic E-state index is 0.00894. The number of ether oxygens (including phenoxy) is 1. The molecule has 4 atom stereocenters. The quantitative estimate of drug-likeness (QED) is 0.401. The van der Waals surface area contributed by atoms with E-state index in [0.29, 0.717) is 12.0 Å². The molecule has 0 spiro atoms. The van der Waals surface area contributed by atoms with E-state index in [-0.39, 0.29) is 13.0 Å². The summed E-state index contributed by atoms with van der Waals surface area (Å²) in [6, 6.07) is 0. The smallest absolute Gasteiger partial charge is 0.330 e. The van der Waals surface area contributed by atoms with Crippen LogP contribution in [0.5, 0.6) is 0 Å². The van der Waals surface area contributed by atoms with E-state index in [0.717, 1.165) is 4.57 Å². The van der Waals surface area contributed by atoms with Crippen LogP contribution in [-0.2, 0) is 21.7 Å². The highest BCUT2D eigenvalue weighted by atomic mass is 16.7. The van der Waals surface area contributed by atoms with Crippen molar-refractivity contribution < 1.29 is 24.9 Å². The maximum Gasteiger partial charge on any atom is 0.330 e. The molecule has 1 aromatic rings. The second-order valence-electron chi connectivity index (χ2n) is 6.15. The van der Waals surface area contributed by atoms with Gasteiger partial charge < -0.3 is 20.1 Å². The lowest BCUT2D eigenvalue weighted by atomic mass is 9.99. The first-order valence-electron chi connectivity index (χ1n) is 8.07. The number of aliphatic hydroxyl groups is 3. The minimum atomic E-state index is -1.67. The number of hydrogen-bond donors (Lipinski definition) is 4. The molecule has 0 unspecified atom stereocenters. The van der Waals surface area contributed by atoms with Crippen molar-refractivity contribution in [3.8, 4) is 0 Å². The summed E-state index contributed by atoms with van der Waals surface area (Å²) in [6.45, 7) is 1.29. The number of nitrogens with zero attached hydrogens (tertiary/aromatic N) is 2. The molecule has 0 bridgehead atoms. The van der Waals surface area contributed by atoms with Crippen molar-refractivity contribution in [2.75, 3.05) is 27.3 Å². The molecule has 1 aliphatic rings. The van der Waals surface area contributed by atoms with Gasteiger partial charge in [-0.25, -0.2) is 4.79 Å². The predicted octanol–water partition coefficient (Wildman–Crippen LogP) is -2.25. The van der Waals surface area contributed by atoms with Gasteiger partial charge >= 0.3 is 5.69 Å². The van der Waals surface area contributed by atoms with Crippen molar-refractivity contribution in [1.29, 1.82) is 0 Å². The SMILES string of the molecule is CCc1cn([C@]2(CCON(C)C)O[C@H](CO)[C@@H](O)[C@H]2O)c(=O)[nH]c1=O. The topological polar surface area (TPSA) is 137 Å². The first kappa shape index (κ1) is 19.8. The van der Waals surface area contributed by atoms with Crippen LogP contribution < -0.4 is 11.2 Å². The van der Waals surface area contributed by atoms with Crippen molar-refractivity contribution >= 4 is 0 Å². The van der Waals surface area contributed by atoms with Crippen LogP contribution in [0.25, 0.3) is 0 Å². The lowest BCUT2D eigenvalue weighted by Crippen LogP contribution is -2.52. The Morgan fingerprint density at radius 3 is 2.60 bits per heavy atom. The highest BCUT2D eigenvalue weighted by Gasteiger charge is 2.55. The highest BCUT2D eigenvalue weighted by Crippen LogP contribution is 2.37. The average Bonchev–Trinajstić information content (AvgIpc) is 2.80. The molecule has 2 rings (SSSR count). The molecule has 2 heterocycles. The number of aromatic amines is 1. The Labute approximate surface area is 144 Å². The van der Waals surface area contributed by atoms with Gasteiger partial charge in [0.05, 0.1) is 13.2 Å². The molecular weight excluding hydrogens is 334 g/mol. The first-order valence-corrected chi connectivity index (χ1v) is 8.07. The van der Waals surface area contributed by atoms with Gasteiger partial charge in [0.1, 0.15) is 18.3 Å². The van der Waals surface area contributed by atoms with Crippen LogP contribution in [0.2, 0.25) is 0 Å². The number of aryl methyl sites for hydroxylation is 1.